The molecule has 0 rings (SSSR count). The van der Waals surface area contributed by atoms with Crippen LogP contribution < -0.4 is 0 Å². The molecule has 1 unspecified atom stereocenters. The van der Waals surface area contributed by atoms with Crippen molar-refractivity contribution >= 4 is 12.9 Å². The highest BCUT2D eigenvalue weighted by Crippen LogP contribution is 2.25. The van der Waals surface area contributed by atoms with Crippen LogP contribution in [0.15, 0.2) is 0 Å². The summed E-state index contributed by atoms with van der Waals surface area (Å²) < 4.78 is 0. The number of unbranched alkanes of at least 4 members (excludes halogenated alkanes) is 25. The Balaban J connectivity index is -0.00000341. The average Bonchev–Trinajstić information content (AvgIpc) is 3.11. The molecule has 4 N–H and O–H groups in total. The first-order valence-corrected chi connectivity index (χ1v) is 21.7. The van der Waals surface area contributed by atoms with Gasteiger partial charge in [-0.3, -0.25) is 9.59 Å². The fourth-order valence-electron chi connectivity index (χ4n) is 6.99. The summed E-state index contributed by atoms with van der Waals surface area (Å²) in [7, 11) is 0. The highest BCUT2D eigenvalue weighted by Gasteiger charge is 2.11. The van der Waals surface area contributed by atoms with Gasteiger partial charge in [0.1, 0.15) is 0 Å². The molecule has 0 saturated carbocycles. The van der Waals surface area contributed by atoms with Crippen molar-refractivity contribution in [1.29, 1.82) is 0 Å². The maximum Gasteiger partial charge on any atom is 0.290 e. The van der Waals surface area contributed by atoms with Crippen LogP contribution in [0.4, 0.5) is 0 Å². The van der Waals surface area contributed by atoms with Crippen molar-refractivity contribution in [2.45, 2.75) is 232 Å². The molecule has 302 valence electrons. The number of hydrogen-bond donors (Lipinski definition) is 4. The fraction of sp³-hybridized carbons (Fsp3) is 0.953. The zero-order valence-corrected chi connectivity index (χ0v) is 33.8. The molecule has 0 aromatic heterocycles. The van der Waals surface area contributed by atoms with Crippen LogP contribution in [0.1, 0.15) is 226 Å². The van der Waals surface area contributed by atoms with Gasteiger partial charge in [-0.15, -0.1) is 0 Å². The Hall–Kier alpha value is -1.18. The van der Waals surface area contributed by atoms with Crippen molar-refractivity contribution in [2.24, 2.45) is 5.92 Å². The molecule has 0 aliphatic carbocycles. The van der Waals surface area contributed by atoms with Gasteiger partial charge < -0.3 is 25.3 Å². The summed E-state index contributed by atoms with van der Waals surface area (Å²) in [6.45, 7) is 9.09. The van der Waals surface area contributed by atoms with Gasteiger partial charge >= 0.3 is 0 Å². The Morgan fingerprint density at radius 2 is 0.680 bits per heavy atom. The Bertz CT molecular complexity index is 586. The Labute approximate surface area is 311 Å². The first-order chi connectivity index (χ1) is 24.5. The predicted octanol–water partition coefficient (Wildman–Crippen LogP) is 12.2. The van der Waals surface area contributed by atoms with Crippen molar-refractivity contribution < 1.29 is 30.0 Å². The number of aliphatic hydroxyl groups excluding tert-OH is 2. The summed E-state index contributed by atoms with van der Waals surface area (Å²) in [6, 6.07) is 0. The Morgan fingerprint density at radius 1 is 0.440 bits per heavy atom. The Morgan fingerprint density at radius 3 is 0.940 bits per heavy atom. The van der Waals surface area contributed by atoms with Gasteiger partial charge in [0.2, 0.25) is 0 Å². The number of hydrogen-bond acceptors (Lipinski definition) is 5. The zero-order valence-electron chi connectivity index (χ0n) is 33.8. The van der Waals surface area contributed by atoms with Gasteiger partial charge in [-0.25, -0.2) is 0 Å². The summed E-state index contributed by atoms with van der Waals surface area (Å²) in [4.78, 5) is 19.1. The SMILES string of the molecule is CCCCCCCCCCCCCCN(CCCCCCCC(CCCCCCCC)CCCCCCCC)CC(O)CO.O=CO.O=CO. The van der Waals surface area contributed by atoms with Gasteiger partial charge in [0.05, 0.1) is 12.7 Å². The third-order valence-electron chi connectivity index (χ3n) is 10.0. The minimum atomic E-state index is -0.595. The van der Waals surface area contributed by atoms with Gasteiger partial charge in [0, 0.05) is 6.54 Å². The van der Waals surface area contributed by atoms with Gasteiger partial charge in [-0.05, 0) is 31.8 Å². The largest absolute Gasteiger partial charge is 0.483 e. The second-order valence-electron chi connectivity index (χ2n) is 14.8. The summed E-state index contributed by atoms with van der Waals surface area (Å²) in [5.41, 5.74) is 0. The molecule has 0 aliphatic rings. The summed E-state index contributed by atoms with van der Waals surface area (Å²) in [6.07, 6.45) is 44.2. The molecule has 0 amide bonds. The third-order valence-corrected chi connectivity index (χ3v) is 10.0. The van der Waals surface area contributed by atoms with E-state index in [1.807, 2.05) is 0 Å². The molecule has 0 saturated heterocycles. The fourth-order valence-corrected chi connectivity index (χ4v) is 6.99. The van der Waals surface area contributed by atoms with Crippen molar-refractivity contribution in [1.82, 2.24) is 4.90 Å². The molecule has 0 aliphatic heterocycles. The number of nitrogens with zero attached hydrogens (tertiary/aromatic N) is 1. The topological polar surface area (TPSA) is 118 Å². The first-order valence-electron chi connectivity index (χ1n) is 21.7. The highest BCUT2D eigenvalue weighted by atomic mass is 16.3. The van der Waals surface area contributed by atoms with Crippen LogP contribution >= 0.6 is 0 Å². The first kappa shape index (κ1) is 53.2. The number of carboxylic acid groups (broad SMARTS) is 2. The molecule has 0 fully saturated rings. The normalized spacial score (nSPS) is 11.6. The van der Waals surface area contributed by atoms with E-state index >= 15 is 0 Å². The monoisotopic (exact) mass is 716 g/mol. The standard InChI is InChI=1S/C41H85NO2.2CH2O2/c1-4-7-10-13-16-17-18-19-20-21-26-31-36-42(38-41(44)39-43)37-32-27-22-25-30-35-40(33-28-23-14-11-8-5-2)34-29-24-15-12-9-6-3;2*2-1-3/h40-41,43-44H,4-39H2,1-3H3;2*1H,(H,2,3). The van der Waals surface area contributed by atoms with Crippen LogP contribution in [-0.2, 0) is 9.59 Å². The summed E-state index contributed by atoms with van der Waals surface area (Å²) in [5.74, 6) is 0.971. The molecular weight excluding hydrogens is 626 g/mol. The summed E-state index contributed by atoms with van der Waals surface area (Å²) >= 11 is 0. The number of rotatable bonds is 38. The predicted molar refractivity (Wildman–Crippen MR) is 215 cm³/mol. The lowest BCUT2D eigenvalue weighted by atomic mass is 9.89. The lowest BCUT2D eigenvalue weighted by Crippen LogP contribution is -2.35. The van der Waals surface area contributed by atoms with E-state index < -0.39 is 6.10 Å². The van der Waals surface area contributed by atoms with Crippen LogP contribution in [0.3, 0.4) is 0 Å². The van der Waals surface area contributed by atoms with E-state index in [9.17, 15) is 10.2 Å². The van der Waals surface area contributed by atoms with E-state index in [1.165, 1.54) is 205 Å². The molecule has 7 nitrogen and oxygen atoms in total. The van der Waals surface area contributed by atoms with Gasteiger partial charge in [-0.2, -0.15) is 0 Å². The van der Waals surface area contributed by atoms with Crippen molar-refractivity contribution in [3.05, 3.63) is 0 Å². The van der Waals surface area contributed by atoms with E-state index in [4.69, 9.17) is 19.8 Å². The van der Waals surface area contributed by atoms with E-state index in [0.717, 1.165) is 19.0 Å². The van der Waals surface area contributed by atoms with E-state index in [2.05, 4.69) is 25.7 Å². The number of aliphatic hydroxyl groups is 2. The van der Waals surface area contributed by atoms with Crippen LogP contribution in [-0.4, -0.2) is 70.6 Å². The van der Waals surface area contributed by atoms with Gasteiger partial charge in [0.15, 0.2) is 0 Å². The highest BCUT2D eigenvalue weighted by molar-refractivity contribution is 5.33. The van der Waals surface area contributed by atoms with Crippen LogP contribution in [0.5, 0.6) is 0 Å². The lowest BCUT2D eigenvalue weighted by molar-refractivity contribution is -0.123. The minimum absolute atomic E-state index is 0.117. The van der Waals surface area contributed by atoms with Crippen LogP contribution in [0.2, 0.25) is 0 Å². The minimum Gasteiger partial charge on any atom is -0.483 e. The van der Waals surface area contributed by atoms with Crippen LogP contribution in [0, 0.1) is 5.92 Å². The van der Waals surface area contributed by atoms with Crippen molar-refractivity contribution in [3.63, 3.8) is 0 Å². The quantitative estimate of drug-likeness (QED) is 0.0371. The molecule has 0 aromatic carbocycles. The third kappa shape index (κ3) is 48.9. The molecule has 0 bridgehead atoms. The molecule has 7 heteroatoms. The van der Waals surface area contributed by atoms with Gasteiger partial charge in [-0.1, -0.05) is 213 Å². The molecular formula is C43H89NO6. The maximum atomic E-state index is 10.1. The van der Waals surface area contributed by atoms with E-state index in [0.29, 0.717) is 6.54 Å². The summed E-state index contributed by atoms with van der Waals surface area (Å²) in [5, 5.41) is 33.3. The second kappa shape index (κ2) is 49.9. The molecule has 1 atom stereocenters. The Kier molecular flexibility index (Phi) is 53.1. The van der Waals surface area contributed by atoms with Gasteiger partial charge in [0.25, 0.3) is 12.9 Å². The molecule has 0 spiro atoms. The molecule has 0 heterocycles. The van der Waals surface area contributed by atoms with Crippen LogP contribution in [0.25, 0.3) is 0 Å². The molecule has 0 aromatic rings. The second-order valence-corrected chi connectivity index (χ2v) is 14.8. The zero-order chi connectivity index (χ0) is 37.6. The smallest absolute Gasteiger partial charge is 0.290 e. The molecule has 0 radical (unpaired) electrons. The maximum absolute atomic E-state index is 10.1. The average molecular weight is 716 g/mol. The van der Waals surface area contributed by atoms with Crippen molar-refractivity contribution in [2.75, 3.05) is 26.2 Å². The van der Waals surface area contributed by atoms with Crippen molar-refractivity contribution in [3.8, 4) is 0 Å². The van der Waals surface area contributed by atoms with E-state index in [1.54, 1.807) is 0 Å². The lowest BCUT2D eigenvalue weighted by Gasteiger charge is -2.24. The van der Waals surface area contributed by atoms with E-state index in [-0.39, 0.29) is 19.6 Å². The molecule has 50 heavy (non-hydrogen) atoms. The number of carbonyl (C=O) groups is 2.